The van der Waals surface area contributed by atoms with Crippen molar-refractivity contribution in [2.75, 3.05) is 12.4 Å². The minimum absolute atomic E-state index is 0.595. The van der Waals surface area contributed by atoms with Crippen LogP contribution in [0.25, 0.3) is 0 Å². The van der Waals surface area contributed by atoms with Crippen molar-refractivity contribution < 1.29 is 4.74 Å². The van der Waals surface area contributed by atoms with Crippen molar-refractivity contribution in [3.63, 3.8) is 0 Å². The van der Waals surface area contributed by atoms with Crippen LogP contribution in [0, 0.1) is 0 Å². The van der Waals surface area contributed by atoms with Gasteiger partial charge in [-0.1, -0.05) is 11.6 Å². The molecule has 0 saturated carbocycles. The summed E-state index contributed by atoms with van der Waals surface area (Å²) < 4.78 is 5.91. The summed E-state index contributed by atoms with van der Waals surface area (Å²) in [6.07, 6.45) is 1.60. The second-order valence-corrected chi connectivity index (χ2v) is 4.63. The minimum Gasteiger partial charge on any atom is -0.497 e. The van der Waals surface area contributed by atoms with E-state index in [4.69, 9.17) is 16.3 Å². The second kappa shape index (κ2) is 5.38. The molecule has 88 valence electrons. The molecule has 5 heteroatoms. The second-order valence-electron chi connectivity index (χ2n) is 3.34. The molecule has 3 nitrogen and oxygen atoms in total. The highest BCUT2D eigenvalue weighted by Crippen LogP contribution is 2.26. The van der Waals surface area contributed by atoms with E-state index in [0.29, 0.717) is 5.02 Å². The quantitative estimate of drug-likeness (QED) is 0.920. The number of methoxy groups -OCH3 is 1. The van der Waals surface area contributed by atoms with Crippen LogP contribution in [-0.4, -0.2) is 12.1 Å². The number of benzene rings is 1. The zero-order valence-electron chi connectivity index (χ0n) is 9.08. The van der Waals surface area contributed by atoms with Crippen LogP contribution in [0.5, 0.6) is 5.75 Å². The van der Waals surface area contributed by atoms with Crippen LogP contribution in [0.2, 0.25) is 5.02 Å². The summed E-state index contributed by atoms with van der Waals surface area (Å²) in [6.45, 7) is 0. The molecule has 0 aliphatic rings. The Morgan fingerprint density at radius 2 is 2.00 bits per heavy atom. The van der Waals surface area contributed by atoms with Crippen molar-refractivity contribution in [1.29, 1.82) is 0 Å². The van der Waals surface area contributed by atoms with Gasteiger partial charge in [0.15, 0.2) is 0 Å². The number of halogens is 2. The fraction of sp³-hybridized carbons (Fsp3) is 0.0833. The third-order valence-corrected chi connectivity index (χ3v) is 2.97. The van der Waals surface area contributed by atoms with Crippen molar-refractivity contribution in [3.8, 4) is 5.75 Å². The van der Waals surface area contributed by atoms with Gasteiger partial charge in [-0.2, -0.15) is 0 Å². The molecule has 1 aromatic carbocycles. The summed E-state index contributed by atoms with van der Waals surface area (Å²) in [4.78, 5) is 4.19. The van der Waals surface area contributed by atoms with Gasteiger partial charge in [-0.15, -0.1) is 0 Å². The zero-order valence-corrected chi connectivity index (χ0v) is 11.4. The maximum Gasteiger partial charge on any atom is 0.144 e. The minimum atomic E-state index is 0.595. The number of ether oxygens (including phenoxy) is 1. The van der Waals surface area contributed by atoms with Crippen LogP contribution >= 0.6 is 27.5 Å². The van der Waals surface area contributed by atoms with Crippen molar-refractivity contribution in [3.05, 3.63) is 46.0 Å². The van der Waals surface area contributed by atoms with Crippen LogP contribution in [0.1, 0.15) is 0 Å². The molecular weight excluding hydrogens is 304 g/mol. The van der Waals surface area contributed by atoms with Gasteiger partial charge in [0, 0.05) is 11.9 Å². The third kappa shape index (κ3) is 3.11. The maximum absolute atomic E-state index is 5.82. The van der Waals surface area contributed by atoms with E-state index < -0.39 is 0 Å². The standard InChI is InChI=1S/C12H10BrClN2O/c1-17-10-4-2-9(3-5-10)16-12-11(13)6-8(14)7-15-12/h2-7H,1H3,(H,15,16). The molecule has 0 amide bonds. The molecule has 0 saturated heterocycles. The molecule has 0 fully saturated rings. The molecule has 0 aliphatic carbocycles. The fourth-order valence-electron chi connectivity index (χ4n) is 1.32. The van der Waals surface area contributed by atoms with Gasteiger partial charge in [-0.05, 0) is 46.3 Å². The summed E-state index contributed by atoms with van der Waals surface area (Å²) in [7, 11) is 1.64. The Hall–Kier alpha value is -1.26. The molecule has 0 radical (unpaired) electrons. The number of aromatic nitrogens is 1. The Morgan fingerprint density at radius 1 is 1.29 bits per heavy atom. The number of pyridine rings is 1. The number of rotatable bonds is 3. The highest BCUT2D eigenvalue weighted by atomic mass is 79.9. The van der Waals surface area contributed by atoms with Crippen molar-refractivity contribution in [2.45, 2.75) is 0 Å². The van der Waals surface area contributed by atoms with Crippen LogP contribution in [0.3, 0.4) is 0 Å². The first kappa shape index (κ1) is 12.2. The van der Waals surface area contributed by atoms with Gasteiger partial charge >= 0.3 is 0 Å². The molecule has 2 aromatic rings. The zero-order chi connectivity index (χ0) is 12.3. The van der Waals surface area contributed by atoms with Crippen LogP contribution in [0.4, 0.5) is 11.5 Å². The van der Waals surface area contributed by atoms with E-state index in [-0.39, 0.29) is 0 Å². The van der Waals surface area contributed by atoms with Gasteiger partial charge in [0.25, 0.3) is 0 Å². The Bertz CT molecular complexity index is 516. The topological polar surface area (TPSA) is 34.1 Å². The Labute approximate surface area is 113 Å². The Morgan fingerprint density at radius 3 is 2.59 bits per heavy atom. The molecule has 1 N–H and O–H groups in total. The molecule has 1 aromatic heterocycles. The van der Waals surface area contributed by atoms with Crippen molar-refractivity contribution >= 4 is 39.0 Å². The first-order valence-electron chi connectivity index (χ1n) is 4.91. The molecule has 0 atom stereocenters. The number of anilines is 2. The smallest absolute Gasteiger partial charge is 0.144 e. The SMILES string of the molecule is COc1ccc(Nc2ncc(Cl)cc2Br)cc1. The average Bonchev–Trinajstić information content (AvgIpc) is 2.34. The van der Waals surface area contributed by atoms with Gasteiger partial charge in [-0.25, -0.2) is 4.98 Å². The van der Waals surface area contributed by atoms with Crippen molar-refractivity contribution in [2.24, 2.45) is 0 Å². The Balaban J connectivity index is 2.19. The molecule has 0 spiro atoms. The van der Waals surface area contributed by atoms with Gasteiger partial charge in [0.2, 0.25) is 0 Å². The van der Waals surface area contributed by atoms with Gasteiger partial charge in [-0.3, -0.25) is 0 Å². The summed E-state index contributed by atoms with van der Waals surface area (Å²) in [6, 6.07) is 9.39. The van der Waals surface area contributed by atoms with Crippen molar-refractivity contribution in [1.82, 2.24) is 4.98 Å². The summed E-state index contributed by atoms with van der Waals surface area (Å²) in [5.74, 6) is 1.54. The van der Waals surface area contributed by atoms with E-state index in [1.165, 1.54) is 0 Å². The van der Waals surface area contributed by atoms with E-state index in [9.17, 15) is 0 Å². The maximum atomic E-state index is 5.82. The molecule has 0 bridgehead atoms. The van der Waals surface area contributed by atoms with E-state index in [0.717, 1.165) is 21.7 Å². The lowest BCUT2D eigenvalue weighted by Gasteiger charge is -2.08. The predicted molar refractivity (Wildman–Crippen MR) is 73.2 cm³/mol. The molecular formula is C12H10BrClN2O. The predicted octanol–water partition coefficient (Wildman–Crippen LogP) is 4.25. The van der Waals surface area contributed by atoms with Crippen LogP contribution < -0.4 is 10.1 Å². The van der Waals surface area contributed by atoms with E-state index in [2.05, 4.69) is 26.2 Å². The largest absolute Gasteiger partial charge is 0.497 e. The molecule has 2 rings (SSSR count). The van der Waals surface area contributed by atoms with E-state index >= 15 is 0 Å². The normalized spacial score (nSPS) is 10.1. The van der Waals surface area contributed by atoms with Gasteiger partial charge < -0.3 is 10.1 Å². The van der Waals surface area contributed by atoms with Crippen LogP contribution in [-0.2, 0) is 0 Å². The number of nitrogens with one attached hydrogen (secondary N) is 1. The highest BCUT2D eigenvalue weighted by Gasteiger charge is 2.02. The van der Waals surface area contributed by atoms with Gasteiger partial charge in [0.1, 0.15) is 11.6 Å². The van der Waals surface area contributed by atoms with E-state index in [1.807, 2.05) is 24.3 Å². The lowest BCUT2D eigenvalue weighted by Crippen LogP contribution is -1.94. The number of nitrogens with zero attached hydrogens (tertiary/aromatic N) is 1. The monoisotopic (exact) mass is 312 g/mol. The number of hydrogen-bond donors (Lipinski definition) is 1. The average molecular weight is 314 g/mol. The highest BCUT2D eigenvalue weighted by molar-refractivity contribution is 9.10. The first-order valence-corrected chi connectivity index (χ1v) is 6.08. The lowest BCUT2D eigenvalue weighted by molar-refractivity contribution is 0.415. The van der Waals surface area contributed by atoms with Crippen LogP contribution in [0.15, 0.2) is 41.0 Å². The number of hydrogen-bond acceptors (Lipinski definition) is 3. The Kier molecular flexibility index (Phi) is 3.86. The van der Waals surface area contributed by atoms with Gasteiger partial charge in [0.05, 0.1) is 16.6 Å². The summed E-state index contributed by atoms with van der Waals surface area (Å²) in [5.41, 5.74) is 0.932. The molecule has 17 heavy (non-hydrogen) atoms. The molecule has 0 aliphatic heterocycles. The third-order valence-electron chi connectivity index (χ3n) is 2.16. The first-order chi connectivity index (χ1) is 8.19. The lowest BCUT2D eigenvalue weighted by atomic mass is 10.3. The molecule has 0 unspecified atom stereocenters. The molecule has 1 heterocycles. The summed E-state index contributed by atoms with van der Waals surface area (Å²) in [5, 5.41) is 3.77. The van der Waals surface area contributed by atoms with E-state index in [1.54, 1.807) is 19.4 Å². The summed E-state index contributed by atoms with van der Waals surface area (Å²) >= 11 is 9.22. The fourth-order valence-corrected chi connectivity index (χ4v) is 2.06.